The average Bonchev–Trinajstić information content (AvgIpc) is 2.84. The molecule has 7 heteroatoms. The molecule has 0 aromatic heterocycles. The normalized spacial score (nSPS) is 15.2. The third-order valence-corrected chi connectivity index (χ3v) is 15.4. The van der Waals surface area contributed by atoms with E-state index in [-0.39, 0.29) is 12.0 Å². The monoisotopic (exact) mass is 670 g/mol. The van der Waals surface area contributed by atoms with E-state index in [4.69, 9.17) is 18.9 Å². The Morgan fingerprint density at radius 3 is 2.31 bits per heavy atom. The molecule has 1 aromatic rings. The van der Waals surface area contributed by atoms with E-state index in [1.807, 2.05) is 24.3 Å². The SMILES string of the molecule is C=[C]([C@@H](COCc1ccc(OC)cc1)C[C@H](O)C[C@@H](C)CC/C=C(\C)COCOCC[Si](C)(C)C)[Sn]([CH3])([CH3])[CH3]. The number of benzene rings is 1. The Balaban J connectivity index is 2.43. The minimum absolute atomic E-state index is 0.202. The van der Waals surface area contributed by atoms with Crippen LogP contribution in [0, 0.1) is 11.8 Å². The number of aliphatic hydroxyl groups excluding tert-OH is 1. The summed E-state index contributed by atoms with van der Waals surface area (Å²) in [7, 11) is 0.628. The van der Waals surface area contributed by atoms with Crippen LogP contribution in [0.3, 0.4) is 0 Å². The molecule has 0 unspecified atom stereocenters. The van der Waals surface area contributed by atoms with Crippen LogP contribution in [-0.4, -0.2) is 71.4 Å². The minimum atomic E-state index is -2.34. The van der Waals surface area contributed by atoms with Gasteiger partial charge >= 0.3 is 194 Å². The number of hydrogen-bond donors (Lipinski definition) is 1. The van der Waals surface area contributed by atoms with Crippen LogP contribution in [0.1, 0.15) is 45.1 Å². The van der Waals surface area contributed by atoms with E-state index in [0.717, 1.165) is 43.6 Å². The summed E-state index contributed by atoms with van der Waals surface area (Å²) >= 11 is -2.34. The van der Waals surface area contributed by atoms with Crippen molar-refractivity contribution in [1.29, 1.82) is 0 Å². The van der Waals surface area contributed by atoms with E-state index in [1.165, 1.54) is 15.2 Å². The van der Waals surface area contributed by atoms with Crippen molar-refractivity contribution in [2.45, 2.75) is 92.7 Å². The van der Waals surface area contributed by atoms with Gasteiger partial charge in [-0.15, -0.1) is 0 Å². The number of ether oxygens (including phenoxy) is 4. The Labute approximate surface area is 245 Å². The average molecular weight is 670 g/mol. The van der Waals surface area contributed by atoms with Gasteiger partial charge in [-0.1, -0.05) is 19.6 Å². The molecule has 0 amide bonds. The summed E-state index contributed by atoms with van der Waals surface area (Å²) in [6, 6.07) is 9.15. The van der Waals surface area contributed by atoms with Gasteiger partial charge in [-0.3, -0.25) is 0 Å². The van der Waals surface area contributed by atoms with Crippen LogP contribution >= 0.6 is 0 Å². The molecule has 0 radical (unpaired) electrons. The maximum atomic E-state index is 11.0. The molecule has 0 heterocycles. The van der Waals surface area contributed by atoms with Gasteiger partial charge in [0.05, 0.1) is 0 Å². The summed E-state index contributed by atoms with van der Waals surface area (Å²) in [6.45, 7) is 18.8. The van der Waals surface area contributed by atoms with Crippen molar-refractivity contribution in [2.75, 3.05) is 33.7 Å². The predicted molar refractivity (Wildman–Crippen MR) is 171 cm³/mol. The van der Waals surface area contributed by atoms with E-state index in [2.05, 4.69) is 61.0 Å². The first-order valence-electron chi connectivity index (χ1n) is 14.6. The van der Waals surface area contributed by atoms with Crippen LogP contribution in [0.25, 0.3) is 0 Å². The fraction of sp³-hybridized carbons (Fsp3) is 0.688. The third-order valence-electron chi connectivity index (χ3n) is 7.08. The molecule has 0 saturated heterocycles. The molecule has 3 atom stereocenters. The van der Waals surface area contributed by atoms with Crippen LogP contribution in [0.2, 0.25) is 40.5 Å². The first-order chi connectivity index (χ1) is 18.2. The first kappa shape index (κ1) is 36.4. The Kier molecular flexibility index (Phi) is 17.5. The molecule has 224 valence electrons. The number of aliphatic hydroxyl groups is 1. The molecule has 1 rings (SSSR count). The fourth-order valence-corrected chi connectivity index (χ4v) is 9.17. The number of allylic oxidation sites excluding steroid dienone is 1. The summed E-state index contributed by atoms with van der Waals surface area (Å²) in [5, 5.41) is 11.0. The van der Waals surface area contributed by atoms with Crippen molar-refractivity contribution < 1.29 is 24.1 Å². The topological polar surface area (TPSA) is 57.2 Å². The summed E-state index contributed by atoms with van der Waals surface area (Å²) in [5.74, 6) is 1.50. The van der Waals surface area contributed by atoms with Crippen LogP contribution in [0.15, 0.2) is 46.1 Å². The third kappa shape index (κ3) is 17.7. The van der Waals surface area contributed by atoms with Crippen LogP contribution in [0.4, 0.5) is 0 Å². The van der Waals surface area contributed by atoms with Crippen molar-refractivity contribution in [2.24, 2.45) is 11.8 Å². The molecular weight excluding hydrogens is 611 g/mol. The van der Waals surface area contributed by atoms with Gasteiger partial charge in [0.15, 0.2) is 0 Å². The van der Waals surface area contributed by atoms with Gasteiger partial charge in [0.2, 0.25) is 0 Å². The van der Waals surface area contributed by atoms with Crippen molar-refractivity contribution >= 4 is 26.5 Å². The molecule has 1 N–H and O–H groups in total. The maximum absolute atomic E-state index is 11.0. The molecule has 0 fully saturated rings. The predicted octanol–water partition coefficient (Wildman–Crippen LogP) is 8.09. The van der Waals surface area contributed by atoms with Gasteiger partial charge in [-0.25, -0.2) is 0 Å². The van der Waals surface area contributed by atoms with Gasteiger partial charge in [0.1, 0.15) is 6.79 Å². The van der Waals surface area contributed by atoms with Crippen LogP contribution < -0.4 is 4.74 Å². The second-order valence-electron chi connectivity index (χ2n) is 13.4. The zero-order valence-electron chi connectivity index (χ0n) is 26.5. The molecule has 0 aliphatic rings. The molecule has 5 nitrogen and oxygen atoms in total. The molecule has 0 saturated carbocycles. The number of rotatable bonds is 21. The number of hydrogen-bond acceptors (Lipinski definition) is 5. The molecule has 0 aliphatic heterocycles. The van der Waals surface area contributed by atoms with Crippen LogP contribution in [0.5, 0.6) is 5.75 Å². The second-order valence-corrected chi connectivity index (χ2v) is 33.7. The molecule has 0 spiro atoms. The van der Waals surface area contributed by atoms with Crippen molar-refractivity contribution in [3.05, 3.63) is 51.6 Å². The Morgan fingerprint density at radius 2 is 1.72 bits per heavy atom. The van der Waals surface area contributed by atoms with Gasteiger partial charge in [0.25, 0.3) is 0 Å². The van der Waals surface area contributed by atoms with Gasteiger partial charge in [-0.05, 0) is 6.04 Å². The van der Waals surface area contributed by atoms with Gasteiger partial charge < -0.3 is 4.74 Å². The van der Waals surface area contributed by atoms with E-state index in [0.29, 0.717) is 32.5 Å². The molecular formula is C32H58O5SiSn. The van der Waals surface area contributed by atoms with Crippen molar-refractivity contribution in [3.8, 4) is 5.75 Å². The Bertz CT molecular complexity index is 842. The molecule has 39 heavy (non-hydrogen) atoms. The number of methoxy groups -OCH3 is 1. The molecule has 1 aromatic carbocycles. The molecule has 0 aliphatic carbocycles. The van der Waals surface area contributed by atoms with Crippen molar-refractivity contribution in [1.82, 2.24) is 0 Å². The fourth-order valence-electron chi connectivity index (χ4n) is 4.34. The van der Waals surface area contributed by atoms with E-state index in [1.54, 1.807) is 7.11 Å². The standard InChI is InChI=1S/C29H49O5Si.3CH3.Sn/c1-8-26(21-33-22-27-12-14-29(31-4)15-13-27)19-28(30)18-24(2)10-9-11-25(3)20-34-23-32-16-17-35(5,6)7;;;;/h11-15,24,26,28,30H,1,9-10,16-23H2,2-7H3;3*1H3;/b25-11+;;;;/t24-,26+,28+;;;;/m0..../s1. The van der Waals surface area contributed by atoms with Gasteiger partial charge in [0, 0.05) is 14.7 Å². The Hall–Kier alpha value is -0.644. The van der Waals surface area contributed by atoms with E-state index < -0.39 is 26.5 Å². The zero-order valence-corrected chi connectivity index (χ0v) is 30.3. The second kappa shape index (κ2) is 18.7. The zero-order chi connectivity index (χ0) is 29.5. The van der Waals surface area contributed by atoms with E-state index in [9.17, 15) is 5.11 Å². The summed E-state index contributed by atoms with van der Waals surface area (Å²) < 4.78 is 24.0. The quantitative estimate of drug-likeness (QED) is 0.0621. The Morgan fingerprint density at radius 1 is 1.05 bits per heavy atom. The van der Waals surface area contributed by atoms with Crippen molar-refractivity contribution in [3.63, 3.8) is 0 Å². The summed E-state index contributed by atoms with van der Waals surface area (Å²) in [6.07, 6.45) is 5.49. The first-order valence-corrected chi connectivity index (χ1v) is 28.3. The summed E-state index contributed by atoms with van der Waals surface area (Å²) in [4.78, 5) is 7.17. The molecule has 0 bridgehead atoms. The van der Waals surface area contributed by atoms with Crippen LogP contribution in [-0.2, 0) is 20.8 Å². The summed E-state index contributed by atoms with van der Waals surface area (Å²) in [5.41, 5.74) is 2.36. The van der Waals surface area contributed by atoms with Gasteiger partial charge in [-0.2, -0.15) is 0 Å². The van der Waals surface area contributed by atoms with E-state index >= 15 is 0 Å².